The predicted octanol–water partition coefficient (Wildman–Crippen LogP) is 3.41. The van der Waals surface area contributed by atoms with Crippen LogP contribution in [0.15, 0.2) is 54.6 Å². The van der Waals surface area contributed by atoms with Gasteiger partial charge in [-0.25, -0.2) is 8.78 Å². The summed E-state index contributed by atoms with van der Waals surface area (Å²) in [6.07, 6.45) is 2.01. The fourth-order valence-electron chi connectivity index (χ4n) is 1.76. The van der Waals surface area contributed by atoms with Crippen LogP contribution in [0.25, 0.3) is 0 Å². The van der Waals surface area contributed by atoms with Gasteiger partial charge in [-0.3, -0.25) is 9.59 Å². The highest BCUT2D eigenvalue weighted by Gasteiger charge is 2.03. The highest BCUT2D eigenvalue weighted by molar-refractivity contribution is 6.06. The van der Waals surface area contributed by atoms with Crippen LogP contribution in [0, 0.1) is 18.6 Å². The molecule has 6 heteroatoms. The SMILES string of the molecule is Cc1ccc(NC(=O)/C=C/C(=O)Nc2cccc(F)c2)cc1F. The van der Waals surface area contributed by atoms with E-state index in [1.54, 1.807) is 13.0 Å². The van der Waals surface area contributed by atoms with Crippen molar-refractivity contribution in [2.45, 2.75) is 6.92 Å². The van der Waals surface area contributed by atoms with Crippen molar-refractivity contribution in [3.8, 4) is 0 Å². The van der Waals surface area contributed by atoms with Crippen LogP contribution in [0.1, 0.15) is 5.56 Å². The Balaban J connectivity index is 1.92. The molecule has 0 spiro atoms. The number of hydrogen-bond donors (Lipinski definition) is 2. The van der Waals surface area contributed by atoms with Crippen molar-refractivity contribution in [2.24, 2.45) is 0 Å². The summed E-state index contributed by atoms with van der Waals surface area (Å²) in [5.41, 5.74) is 1.03. The highest BCUT2D eigenvalue weighted by atomic mass is 19.1. The van der Waals surface area contributed by atoms with E-state index in [4.69, 9.17) is 0 Å². The van der Waals surface area contributed by atoms with E-state index in [0.29, 0.717) is 5.56 Å². The lowest BCUT2D eigenvalue weighted by molar-refractivity contribution is -0.114. The maximum absolute atomic E-state index is 13.4. The Kier molecular flexibility index (Phi) is 5.19. The van der Waals surface area contributed by atoms with Gasteiger partial charge in [0.25, 0.3) is 0 Å². The van der Waals surface area contributed by atoms with Gasteiger partial charge in [0.05, 0.1) is 0 Å². The van der Waals surface area contributed by atoms with E-state index in [-0.39, 0.29) is 11.4 Å². The summed E-state index contributed by atoms with van der Waals surface area (Å²) in [5.74, 6) is -2.08. The number of carbonyl (C=O) groups is 2. The summed E-state index contributed by atoms with van der Waals surface area (Å²) in [7, 11) is 0. The van der Waals surface area contributed by atoms with Gasteiger partial charge >= 0.3 is 0 Å². The van der Waals surface area contributed by atoms with Crippen molar-refractivity contribution in [3.63, 3.8) is 0 Å². The van der Waals surface area contributed by atoms with Gasteiger partial charge in [0.1, 0.15) is 11.6 Å². The lowest BCUT2D eigenvalue weighted by Crippen LogP contribution is -2.12. The van der Waals surface area contributed by atoms with Crippen molar-refractivity contribution in [1.82, 2.24) is 0 Å². The van der Waals surface area contributed by atoms with Crippen LogP contribution >= 0.6 is 0 Å². The van der Waals surface area contributed by atoms with Crippen molar-refractivity contribution in [3.05, 3.63) is 71.8 Å². The second kappa shape index (κ2) is 7.31. The van der Waals surface area contributed by atoms with E-state index < -0.39 is 23.4 Å². The second-order valence-corrected chi connectivity index (χ2v) is 4.79. The summed E-state index contributed by atoms with van der Waals surface area (Å²) in [5, 5.41) is 4.85. The molecule has 2 amide bonds. The summed E-state index contributed by atoms with van der Waals surface area (Å²) in [6.45, 7) is 1.61. The van der Waals surface area contributed by atoms with Crippen molar-refractivity contribution in [2.75, 3.05) is 10.6 Å². The van der Waals surface area contributed by atoms with Crippen molar-refractivity contribution < 1.29 is 18.4 Å². The van der Waals surface area contributed by atoms with Crippen LogP contribution in [0.4, 0.5) is 20.2 Å². The molecular formula is C17H14F2N2O2. The molecule has 0 aromatic heterocycles. The number of halogens is 2. The van der Waals surface area contributed by atoms with Gasteiger partial charge in [0.2, 0.25) is 11.8 Å². The molecule has 2 aromatic carbocycles. The predicted molar refractivity (Wildman–Crippen MR) is 83.9 cm³/mol. The summed E-state index contributed by atoms with van der Waals surface area (Å²) >= 11 is 0. The zero-order valence-electron chi connectivity index (χ0n) is 12.3. The number of hydrogen-bond acceptors (Lipinski definition) is 2. The molecule has 0 saturated heterocycles. The smallest absolute Gasteiger partial charge is 0.248 e. The minimum absolute atomic E-state index is 0.278. The molecule has 2 N–H and O–H groups in total. The first-order valence-corrected chi connectivity index (χ1v) is 6.76. The van der Waals surface area contributed by atoms with Crippen LogP contribution in [0.3, 0.4) is 0 Å². The number of carbonyl (C=O) groups excluding carboxylic acids is 2. The van der Waals surface area contributed by atoms with Crippen LogP contribution in [-0.4, -0.2) is 11.8 Å². The molecule has 0 aliphatic heterocycles. The lowest BCUT2D eigenvalue weighted by atomic mass is 10.2. The minimum Gasteiger partial charge on any atom is -0.322 e. The molecule has 0 bridgehead atoms. The molecule has 0 unspecified atom stereocenters. The molecule has 0 aliphatic carbocycles. The van der Waals surface area contributed by atoms with E-state index >= 15 is 0 Å². The van der Waals surface area contributed by atoms with Crippen molar-refractivity contribution in [1.29, 1.82) is 0 Å². The molecule has 0 heterocycles. The Morgan fingerprint density at radius 1 is 0.913 bits per heavy atom. The fourth-order valence-corrected chi connectivity index (χ4v) is 1.76. The molecule has 23 heavy (non-hydrogen) atoms. The molecule has 0 saturated carbocycles. The zero-order chi connectivity index (χ0) is 16.8. The Morgan fingerprint density at radius 3 is 2.09 bits per heavy atom. The Bertz CT molecular complexity index is 773. The van der Waals surface area contributed by atoms with Gasteiger partial charge in [0.15, 0.2) is 0 Å². The third kappa shape index (κ3) is 5.03. The molecule has 0 radical (unpaired) electrons. The lowest BCUT2D eigenvalue weighted by Gasteiger charge is -2.04. The number of nitrogens with one attached hydrogen (secondary N) is 2. The average Bonchev–Trinajstić information content (AvgIpc) is 2.49. The molecular weight excluding hydrogens is 302 g/mol. The number of anilines is 2. The van der Waals surface area contributed by atoms with Crippen LogP contribution < -0.4 is 10.6 Å². The van der Waals surface area contributed by atoms with Gasteiger partial charge in [-0.05, 0) is 42.8 Å². The maximum Gasteiger partial charge on any atom is 0.248 e. The maximum atomic E-state index is 13.4. The Morgan fingerprint density at radius 2 is 1.52 bits per heavy atom. The van der Waals surface area contributed by atoms with Crippen molar-refractivity contribution >= 4 is 23.2 Å². The average molecular weight is 316 g/mol. The number of benzene rings is 2. The minimum atomic E-state index is -0.583. The Hall–Kier alpha value is -3.02. The van der Waals surface area contributed by atoms with E-state index in [1.807, 2.05) is 0 Å². The van der Waals surface area contributed by atoms with Gasteiger partial charge < -0.3 is 10.6 Å². The molecule has 2 aromatic rings. The van der Waals surface area contributed by atoms with E-state index in [0.717, 1.165) is 18.2 Å². The Labute approximate surface area is 131 Å². The zero-order valence-corrected chi connectivity index (χ0v) is 12.3. The third-order valence-electron chi connectivity index (χ3n) is 2.92. The van der Waals surface area contributed by atoms with E-state index in [2.05, 4.69) is 10.6 Å². The fraction of sp³-hybridized carbons (Fsp3) is 0.0588. The van der Waals surface area contributed by atoms with Crippen LogP contribution in [-0.2, 0) is 9.59 Å². The standard InChI is InChI=1S/C17H14F2N2O2/c1-11-5-6-14(10-15(11)19)21-17(23)8-7-16(22)20-13-4-2-3-12(18)9-13/h2-10H,1H3,(H,20,22)(H,21,23)/b8-7+. The quantitative estimate of drug-likeness (QED) is 0.849. The van der Waals surface area contributed by atoms with Gasteiger partial charge in [-0.1, -0.05) is 12.1 Å². The molecule has 0 aliphatic rings. The number of rotatable bonds is 4. The monoisotopic (exact) mass is 316 g/mol. The summed E-state index contributed by atoms with van der Waals surface area (Å²) < 4.78 is 26.3. The largest absolute Gasteiger partial charge is 0.322 e. The highest BCUT2D eigenvalue weighted by Crippen LogP contribution is 2.13. The van der Waals surface area contributed by atoms with Gasteiger partial charge in [-0.2, -0.15) is 0 Å². The molecule has 118 valence electrons. The first-order valence-electron chi connectivity index (χ1n) is 6.76. The molecule has 4 nitrogen and oxygen atoms in total. The normalized spacial score (nSPS) is 10.6. The van der Waals surface area contributed by atoms with Crippen LogP contribution in [0.2, 0.25) is 0 Å². The summed E-state index contributed by atoms with van der Waals surface area (Å²) in [6, 6.07) is 9.65. The third-order valence-corrected chi connectivity index (χ3v) is 2.92. The molecule has 2 rings (SSSR count). The number of aryl methyl sites for hydroxylation is 1. The first-order chi connectivity index (χ1) is 10.9. The van der Waals surface area contributed by atoms with Crippen LogP contribution in [0.5, 0.6) is 0 Å². The first kappa shape index (κ1) is 16.4. The van der Waals surface area contributed by atoms with Gasteiger partial charge in [0, 0.05) is 23.5 Å². The molecule has 0 fully saturated rings. The second-order valence-electron chi connectivity index (χ2n) is 4.79. The summed E-state index contributed by atoms with van der Waals surface area (Å²) in [4.78, 5) is 23.3. The topological polar surface area (TPSA) is 58.2 Å². The van der Waals surface area contributed by atoms with E-state index in [1.165, 1.54) is 30.3 Å². The molecule has 0 atom stereocenters. The van der Waals surface area contributed by atoms with E-state index in [9.17, 15) is 18.4 Å². The number of amides is 2. The van der Waals surface area contributed by atoms with Gasteiger partial charge in [-0.15, -0.1) is 0 Å².